The van der Waals surface area contributed by atoms with Crippen molar-refractivity contribution in [3.05, 3.63) is 35.6 Å². The van der Waals surface area contributed by atoms with Crippen LogP contribution in [0.5, 0.6) is 0 Å². The zero-order chi connectivity index (χ0) is 12.5. The lowest BCUT2D eigenvalue weighted by atomic mass is 10.3. The number of hydrogen-bond donors (Lipinski definition) is 1. The van der Waals surface area contributed by atoms with Gasteiger partial charge in [-0.15, -0.1) is 0 Å². The van der Waals surface area contributed by atoms with E-state index in [4.69, 9.17) is 21.8 Å². The molecule has 3 rings (SSSR count). The van der Waals surface area contributed by atoms with E-state index >= 15 is 0 Å². The zero-order valence-electron chi connectivity index (χ0n) is 9.00. The number of halogens is 1. The van der Waals surface area contributed by atoms with Gasteiger partial charge >= 0.3 is 0 Å². The first-order valence-electron chi connectivity index (χ1n) is 5.02. The number of fused-ring (bicyclic) bond motifs is 1. The molecule has 3 aromatic rings. The second kappa shape index (κ2) is 4.47. The Labute approximate surface area is 111 Å². The fourth-order valence-electron chi connectivity index (χ4n) is 1.39. The highest BCUT2D eigenvalue weighted by molar-refractivity contribution is 7.98. The zero-order valence-corrected chi connectivity index (χ0v) is 10.6. The Morgan fingerprint density at radius 3 is 2.78 bits per heavy atom. The predicted molar refractivity (Wildman–Crippen MR) is 69.6 cm³/mol. The average Bonchev–Trinajstić information content (AvgIpc) is 2.73. The second-order valence-electron chi connectivity index (χ2n) is 3.49. The van der Waals surface area contributed by atoms with Crippen LogP contribution in [0.15, 0.2) is 45.4 Å². The molecule has 0 fully saturated rings. The number of aromatic nitrogens is 3. The number of benzene rings is 1. The topological polar surface area (TPSA) is 77.8 Å². The molecule has 0 bridgehead atoms. The van der Waals surface area contributed by atoms with Gasteiger partial charge in [-0.05, 0) is 12.1 Å². The Morgan fingerprint density at radius 2 is 2.00 bits per heavy atom. The predicted octanol–water partition coefficient (Wildman–Crippen LogP) is 3.00. The van der Waals surface area contributed by atoms with Crippen molar-refractivity contribution in [3.63, 3.8) is 0 Å². The first-order valence-corrected chi connectivity index (χ1v) is 6.21. The minimum atomic E-state index is 0.470. The number of oxazole rings is 1. The van der Waals surface area contributed by atoms with E-state index in [1.165, 1.54) is 24.2 Å². The third-order valence-corrected chi connectivity index (χ3v) is 3.11. The molecule has 18 heavy (non-hydrogen) atoms. The Balaban J connectivity index is 1.92. The molecule has 0 spiro atoms. The monoisotopic (exact) mass is 278 g/mol. The molecule has 0 aliphatic rings. The maximum Gasteiger partial charge on any atom is 0.264 e. The number of hydrogen-bond acceptors (Lipinski definition) is 6. The SMILES string of the molecule is Nc1ccc2nc(Sc3ncc(Cl)cn3)oc2c1. The Kier molecular flexibility index (Phi) is 2.81. The van der Waals surface area contributed by atoms with E-state index in [2.05, 4.69) is 15.0 Å². The summed E-state index contributed by atoms with van der Waals surface area (Å²) in [6, 6.07) is 5.31. The van der Waals surface area contributed by atoms with Crippen LogP contribution in [0.2, 0.25) is 5.02 Å². The van der Waals surface area contributed by atoms with Crippen molar-refractivity contribution in [1.82, 2.24) is 15.0 Å². The van der Waals surface area contributed by atoms with E-state index in [0.717, 1.165) is 5.52 Å². The highest BCUT2D eigenvalue weighted by Gasteiger charge is 2.09. The lowest BCUT2D eigenvalue weighted by Gasteiger charge is -1.93. The number of rotatable bonds is 2. The van der Waals surface area contributed by atoms with E-state index in [0.29, 0.717) is 26.7 Å². The summed E-state index contributed by atoms with van der Waals surface area (Å²) in [6.07, 6.45) is 3.05. The van der Waals surface area contributed by atoms with Gasteiger partial charge < -0.3 is 10.2 Å². The van der Waals surface area contributed by atoms with Crippen LogP contribution in [0.1, 0.15) is 0 Å². The summed E-state index contributed by atoms with van der Waals surface area (Å²) in [5, 5.41) is 1.49. The van der Waals surface area contributed by atoms with Crippen LogP contribution in [-0.4, -0.2) is 15.0 Å². The smallest absolute Gasteiger partial charge is 0.264 e. The van der Waals surface area contributed by atoms with Gasteiger partial charge in [-0.1, -0.05) is 11.6 Å². The third-order valence-electron chi connectivity index (χ3n) is 2.17. The van der Waals surface area contributed by atoms with Gasteiger partial charge in [0.15, 0.2) is 10.7 Å². The lowest BCUT2D eigenvalue weighted by Crippen LogP contribution is -1.84. The van der Waals surface area contributed by atoms with E-state index in [1.54, 1.807) is 18.2 Å². The molecule has 1 aromatic carbocycles. The van der Waals surface area contributed by atoms with Gasteiger partial charge in [0.05, 0.1) is 17.4 Å². The van der Waals surface area contributed by atoms with Crippen molar-refractivity contribution in [2.24, 2.45) is 0 Å². The first kappa shape index (κ1) is 11.3. The average molecular weight is 279 g/mol. The summed E-state index contributed by atoms with van der Waals surface area (Å²) in [5.74, 6) is 0. The van der Waals surface area contributed by atoms with Gasteiger partial charge in [-0.25, -0.2) is 15.0 Å². The molecule has 5 nitrogen and oxygen atoms in total. The Bertz CT molecular complexity index is 698. The third kappa shape index (κ3) is 2.25. The Morgan fingerprint density at radius 1 is 1.22 bits per heavy atom. The molecule has 0 unspecified atom stereocenters. The van der Waals surface area contributed by atoms with Crippen LogP contribution in [0.25, 0.3) is 11.1 Å². The van der Waals surface area contributed by atoms with Gasteiger partial charge in [0, 0.05) is 23.5 Å². The van der Waals surface area contributed by atoms with Gasteiger partial charge in [-0.3, -0.25) is 0 Å². The first-order chi connectivity index (χ1) is 8.70. The van der Waals surface area contributed by atoms with E-state index < -0.39 is 0 Å². The summed E-state index contributed by atoms with van der Waals surface area (Å²) in [7, 11) is 0. The largest absolute Gasteiger partial charge is 0.431 e. The van der Waals surface area contributed by atoms with Crippen LogP contribution < -0.4 is 5.73 Å². The molecular formula is C11H7ClN4OS. The molecule has 0 saturated heterocycles. The molecule has 2 N–H and O–H groups in total. The number of nitrogen functional groups attached to an aromatic ring is 1. The molecule has 0 amide bonds. The van der Waals surface area contributed by atoms with Crippen molar-refractivity contribution >= 4 is 40.1 Å². The molecule has 0 aliphatic carbocycles. The molecule has 7 heteroatoms. The highest BCUT2D eigenvalue weighted by Crippen LogP contribution is 2.28. The van der Waals surface area contributed by atoms with Gasteiger partial charge in [-0.2, -0.15) is 0 Å². The van der Waals surface area contributed by atoms with Crippen LogP contribution in [0.3, 0.4) is 0 Å². The molecule has 2 heterocycles. The fraction of sp³-hybridized carbons (Fsp3) is 0. The van der Waals surface area contributed by atoms with Crippen LogP contribution >= 0.6 is 23.4 Å². The standard InChI is InChI=1S/C11H7ClN4OS/c12-6-4-14-10(15-5-6)18-11-16-8-2-1-7(13)3-9(8)17-11/h1-5H,13H2. The highest BCUT2D eigenvalue weighted by atomic mass is 35.5. The summed E-state index contributed by atoms with van der Waals surface area (Å²) in [5.41, 5.74) is 7.70. The van der Waals surface area contributed by atoms with Crippen molar-refractivity contribution in [3.8, 4) is 0 Å². The van der Waals surface area contributed by atoms with Crippen molar-refractivity contribution in [2.75, 3.05) is 5.73 Å². The fourth-order valence-corrected chi connectivity index (χ4v) is 2.13. The molecule has 0 atom stereocenters. The number of anilines is 1. The van der Waals surface area contributed by atoms with Gasteiger partial charge in [0.2, 0.25) is 0 Å². The summed E-state index contributed by atoms with van der Waals surface area (Å²) < 4.78 is 5.54. The quantitative estimate of drug-likeness (QED) is 0.573. The molecule has 2 aromatic heterocycles. The number of nitrogens with two attached hydrogens (primary N) is 1. The minimum Gasteiger partial charge on any atom is -0.431 e. The molecular weight excluding hydrogens is 272 g/mol. The van der Waals surface area contributed by atoms with E-state index in [1.807, 2.05) is 0 Å². The van der Waals surface area contributed by atoms with Gasteiger partial charge in [0.25, 0.3) is 5.22 Å². The molecule has 90 valence electrons. The second-order valence-corrected chi connectivity index (χ2v) is 4.85. The molecule has 0 aliphatic heterocycles. The Hall–Kier alpha value is -1.79. The van der Waals surface area contributed by atoms with E-state index in [9.17, 15) is 0 Å². The molecule has 0 saturated carbocycles. The maximum atomic E-state index is 5.71. The summed E-state index contributed by atoms with van der Waals surface area (Å²) in [6.45, 7) is 0. The minimum absolute atomic E-state index is 0.470. The van der Waals surface area contributed by atoms with Crippen molar-refractivity contribution < 1.29 is 4.42 Å². The normalized spacial score (nSPS) is 10.9. The maximum absolute atomic E-state index is 5.71. The lowest BCUT2D eigenvalue weighted by molar-refractivity contribution is 0.489. The van der Waals surface area contributed by atoms with Gasteiger partial charge in [0.1, 0.15) is 5.52 Å². The summed E-state index contributed by atoms with van der Waals surface area (Å²) in [4.78, 5) is 12.4. The molecule has 0 radical (unpaired) electrons. The number of nitrogens with zero attached hydrogens (tertiary/aromatic N) is 3. The van der Waals surface area contributed by atoms with Crippen molar-refractivity contribution in [1.29, 1.82) is 0 Å². The van der Waals surface area contributed by atoms with Crippen LogP contribution in [0.4, 0.5) is 5.69 Å². The van der Waals surface area contributed by atoms with E-state index in [-0.39, 0.29) is 0 Å². The van der Waals surface area contributed by atoms with Crippen LogP contribution in [-0.2, 0) is 0 Å². The van der Waals surface area contributed by atoms with Crippen molar-refractivity contribution in [2.45, 2.75) is 10.4 Å². The summed E-state index contributed by atoms with van der Waals surface area (Å²) >= 11 is 6.94. The van der Waals surface area contributed by atoms with Crippen LogP contribution in [0, 0.1) is 0 Å².